The van der Waals surface area contributed by atoms with Crippen molar-refractivity contribution in [3.8, 4) is 11.5 Å². The third-order valence-electron chi connectivity index (χ3n) is 5.72. The zero-order valence-corrected chi connectivity index (χ0v) is 19.1. The van der Waals surface area contributed by atoms with E-state index >= 15 is 0 Å². The molecule has 31 heavy (non-hydrogen) atoms. The molecule has 3 rings (SSSR count). The summed E-state index contributed by atoms with van der Waals surface area (Å²) in [6.07, 6.45) is 4.91. The number of nitrogens with one attached hydrogen (secondary N) is 2. The van der Waals surface area contributed by atoms with Crippen LogP contribution in [0.4, 0.5) is 0 Å². The van der Waals surface area contributed by atoms with Crippen LogP contribution in [0.2, 0.25) is 0 Å². The Kier molecular flexibility index (Phi) is 9.03. The van der Waals surface area contributed by atoms with Crippen LogP contribution in [0, 0.1) is 0 Å². The fourth-order valence-corrected chi connectivity index (χ4v) is 3.91. The predicted molar refractivity (Wildman–Crippen MR) is 127 cm³/mol. The van der Waals surface area contributed by atoms with Crippen LogP contribution in [-0.4, -0.2) is 51.8 Å². The van der Waals surface area contributed by atoms with Gasteiger partial charge in [-0.25, -0.2) is 0 Å². The number of guanidine groups is 1. The highest BCUT2D eigenvalue weighted by Crippen LogP contribution is 2.27. The van der Waals surface area contributed by atoms with E-state index in [0.29, 0.717) is 0 Å². The van der Waals surface area contributed by atoms with Crippen LogP contribution in [0.1, 0.15) is 36.0 Å². The summed E-state index contributed by atoms with van der Waals surface area (Å²) in [4.78, 5) is 6.89. The summed E-state index contributed by atoms with van der Waals surface area (Å²) in [5.74, 6) is 2.31. The molecule has 1 heterocycles. The quantitative estimate of drug-likeness (QED) is 0.476. The smallest absolute Gasteiger partial charge is 0.191 e. The van der Waals surface area contributed by atoms with Crippen LogP contribution >= 0.6 is 0 Å². The van der Waals surface area contributed by atoms with Crippen molar-refractivity contribution in [1.82, 2.24) is 15.5 Å². The van der Waals surface area contributed by atoms with E-state index in [2.05, 4.69) is 50.9 Å². The summed E-state index contributed by atoms with van der Waals surface area (Å²) in [6, 6.07) is 14.9. The first-order valence-electron chi connectivity index (χ1n) is 11.2. The third-order valence-corrected chi connectivity index (χ3v) is 5.72. The Balaban J connectivity index is 1.42. The number of rotatable bonds is 9. The van der Waals surface area contributed by atoms with Gasteiger partial charge in [0.25, 0.3) is 0 Å². The van der Waals surface area contributed by atoms with Crippen LogP contribution in [0.25, 0.3) is 0 Å². The lowest BCUT2D eigenvalue weighted by molar-refractivity contribution is 0.221. The van der Waals surface area contributed by atoms with Crippen molar-refractivity contribution in [2.45, 2.75) is 38.8 Å². The highest BCUT2D eigenvalue weighted by atomic mass is 16.5. The molecular formula is C25H36N4O2. The molecule has 2 N–H and O–H groups in total. The SMILES string of the molecule is CN=C(NCCc1ccc(OC)c(OC)c1)NCc1ccc(CN2CCCCC2)cc1. The summed E-state index contributed by atoms with van der Waals surface area (Å²) < 4.78 is 10.7. The van der Waals surface area contributed by atoms with E-state index < -0.39 is 0 Å². The van der Waals surface area contributed by atoms with Crippen LogP contribution in [0.15, 0.2) is 47.5 Å². The minimum Gasteiger partial charge on any atom is -0.493 e. The second-order valence-electron chi connectivity index (χ2n) is 7.95. The number of nitrogens with zero attached hydrogens (tertiary/aromatic N) is 2. The van der Waals surface area contributed by atoms with Gasteiger partial charge in [-0.3, -0.25) is 9.89 Å². The van der Waals surface area contributed by atoms with Crippen LogP contribution in [-0.2, 0) is 19.5 Å². The largest absolute Gasteiger partial charge is 0.493 e. The fourth-order valence-electron chi connectivity index (χ4n) is 3.91. The molecular weight excluding hydrogens is 388 g/mol. The molecule has 1 aliphatic heterocycles. The van der Waals surface area contributed by atoms with Gasteiger partial charge in [-0.2, -0.15) is 0 Å². The molecule has 2 aromatic rings. The van der Waals surface area contributed by atoms with Crippen molar-refractivity contribution in [2.24, 2.45) is 4.99 Å². The van der Waals surface area contributed by atoms with Gasteiger partial charge in [-0.1, -0.05) is 36.8 Å². The Hall–Kier alpha value is -2.73. The van der Waals surface area contributed by atoms with E-state index in [-0.39, 0.29) is 0 Å². The lowest BCUT2D eigenvalue weighted by Crippen LogP contribution is -2.37. The Morgan fingerprint density at radius 1 is 0.871 bits per heavy atom. The molecule has 0 spiro atoms. The van der Waals surface area contributed by atoms with Crippen LogP contribution < -0.4 is 20.1 Å². The molecule has 0 amide bonds. The summed E-state index contributed by atoms with van der Waals surface area (Å²) in [7, 11) is 5.11. The number of ether oxygens (including phenoxy) is 2. The van der Waals surface area contributed by atoms with Crippen molar-refractivity contribution in [3.05, 3.63) is 59.2 Å². The molecule has 168 valence electrons. The number of benzene rings is 2. The highest BCUT2D eigenvalue weighted by Gasteiger charge is 2.10. The first kappa shape index (κ1) is 22.9. The van der Waals surface area contributed by atoms with Crippen molar-refractivity contribution in [2.75, 3.05) is 40.9 Å². The maximum atomic E-state index is 5.38. The van der Waals surface area contributed by atoms with E-state index in [4.69, 9.17) is 9.47 Å². The van der Waals surface area contributed by atoms with Crippen LogP contribution in [0.3, 0.4) is 0 Å². The summed E-state index contributed by atoms with van der Waals surface area (Å²) in [5.41, 5.74) is 3.83. The normalized spacial score (nSPS) is 14.9. The molecule has 1 aliphatic rings. The molecule has 1 fully saturated rings. The number of hydrogen-bond donors (Lipinski definition) is 2. The van der Waals surface area contributed by atoms with Crippen molar-refractivity contribution in [1.29, 1.82) is 0 Å². The fraction of sp³-hybridized carbons (Fsp3) is 0.480. The summed E-state index contributed by atoms with van der Waals surface area (Å²) in [6.45, 7) is 5.06. The van der Waals surface area contributed by atoms with Crippen molar-refractivity contribution >= 4 is 5.96 Å². The van der Waals surface area contributed by atoms with Gasteiger partial charge in [0.05, 0.1) is 14.2 Å². The standard InChI is InChI=1S/C25H36N4O2/c1-26-25(27-14-13-20-11-12-23(30-2)24(17-20)31-3)28-18-21-7-9-22(10-8-21)19-29-15-5-4-6-16-29/h7-12,17H,4-6,13-16,18-19H2,1-3H3,(H2,26,27,28). The van der Waals surface area contributed by atoms with E-state index in [1.807, 2.05) is 12.1 Å². The Bertz CT molecular complexity index is 830. The second-order valence-corrected chi connectivity index (χ2v) is 7.95. The van der Waals surface area contributed by atoms with E-state index in [1.165, 1.54) is 49.0 Å². The average Bonchev–Trinajstić information content (AvgIpc) is 2.82. The number of aliphatic imine (C=N–C) groups is 1. The maximum Gasteiger partial charge on any atom is 0.191 e. The molecule has 0 aromatic heterocycles. The first-order chi connectivity index (χ1) is 15.2. The van der Waals surface area contributed by atoms with Crippen LogP contribution in [0.5, 0.6) is 11.5 Å². The Morgan fingerprint density at radius 2 is 1.55 bits per heavy atom. The molecule has 1 saturated heterocycles. The second kappa shape index (κ2) is 12.2. The highest BCUT2D eigenvalue weighted by molar-refractivity contribution is 5.79. The molecule has 0 atom stereocenters. The van der Waals surface area contributed by atoms with Crippen molar-refractivity contribution in [3.63, 3.8) is 0 Å². The Morgan fingerprint density at radius 3 is 2.23 bits per heavy atom. The Labute approximate surface area is 186 Å². The molecule has 0 aliphatic carbocycles. The molecule has 6 heteroatoms. The van der Waals surface area contributed by atoms with E-state index in [9.17, 15) is 0 Å². The van der Waals surface area contributed by atoms with Gasteiger partial charge < -0.3 is 20.1 Å². The minimum absolute atomic E-state index is 0.749. The van der Waals surface area contributed by atoms with Gasteiger partial charge in [0, 0.05) is 26.7 Å². The molecule has 0 radical (unpaired) electrons. The number of hydrogen-bond acceptors (Lipinski definition) is 4. The molecule has 2 aromatic carbocycles. The maximum absolute atomic E-state index is 5.38. The summed E-state index contributed by atoms with van der Waals surface area (Å²) >= 11 is 0. The van der Waals surface area contributed by atoms with Crippen molar-refractivity contribution < 1.29 is 9.47 Å². The number of methoxy groups -OCH3 is 2. The van der Waals surface area contributed by atoms with Gasteiger partial charge in [-0.05, 0) is 61.2 Å². The van der Waals surface area contributed by atoms with E-state index in [0.717, 1.165) is 43.5 Å². The first-order valence-corrected chi connectivity index (χ1v) is 11.2. The monoisotopic (exact) mass is 424 g/mol. The zero-order chi connectivity index (χ0) is 21.9. The molecule has 6 nitrogen and oxygen atoms in total. The predicted octanol–water partition coefficient (Wildman–Crippen LogP) is 3.60. The van der Waals surface area contributed by atoms with Gasteiger partial charge in [0.1, 0.15) is 0 Å². The topological polar surface area (TPSA) is 58.1 Å². The van der Waals surface area contributed by atoms with Gasteiger partial charge in [0.15, 0.2) is 17.5 Å². The van der Waals surface area contributed by atoms with Gasteiger partial charge in [0.2, 0.25) is 0 Å². The minimum atomic E-state index is 0.749. The lowest BCUT2D eigenvalue weighted by atomic mass is 10.1. The van der Waals surface area contributed by atoms with Gasteiger partial charge >= 0.3 is 0 Å². The zero-order valence-electron chi connectivity index (χ0n) is 19.1. The molecule has 0 unspecified atom stereocenters. The number of piperidine rings is 1. The van der Waals surface area contributed by atoms with E-state index in [1.54, 1.807) is 21.3 Å². The lowest BCUT2D eigenvalue weighted by Gasteiger charge is -2.26. The van der Waals surface area contributed by atoms with Gasteiger partial charge in [-0.15, -0.1) is 0 Å². The average molecular weight is 425 g/mol. The third kappa shape index (κ3) is 7.17. The number of likely N-dealkylation sites (tertiary alicyclic amines) is 1. The molecule has 0 saturated carbocycles. The summed E-state index contributed by atoms with van der Waals surface area (Å²) in [5, 5.41) is 6.78. The molecule has 0 bridgehead atoms.